The Balaban J connectivity index is 3.17. The second-order valence-electron chi connectivity index (χ2n) is 7.28. The third kappa shape index (κ3) is 18.0. The van der Waals surface area contributed by atoms with Crippen molar-refractivity contribution in [2.24, 2.45) is 0 Å². The summed E-state index contributed by atoms with van der Waals surface area (Å²) in [6, 6.07) is 0. The quantitative estimate of drug-likeness (QED) is 0.200. The van der Waals surface area contributed by atoms with Crippen molar-refractivity contribution in [2.75, 3.05) is 26.2 Å². The maximum Gasteiger partial charge on any atom is 0.320 e. The highest BCUT2D eigenvalue weighted by Gasteiger charge is 2.07. The molecule has 0 bridgehead atoms. The molecule has 0 fully saturated rings. The fourth-order valence-electron chi connectivity index (χ4n) is 3.16. The van der Waals surface area contributed by atoms with E-state index in [0.717, 1.165) is 19.5 Å². The summed E-state index contributed by atoms with van der Waals surface area (Å²) in [4.78, 5) is 13.7. The first-order valence-electron chi connectivity index (χ1n) is 11.1. The Labute approximate surface area is 157 Å². The molecule has 0 amide bonds. The summed E-state index contributed by atoms with van der Waals surface area (Å²) in [5.41, 5.74) is 0. The van der Waals surface area contributed by atoms with Gasteiger partial charge in [0.2, 0.25) is 0 Å². The fraction of sp³-hybridized carbons (Fsp3) is 0.955. The van der Waals surface area contributed by atoms with Gasteiger partial charge in [0.1, 0.15) is 0 Å². The van der Waals surface area contributed by atoms with Gasteiger partial charge in [-0.05, 0) is 19.5 Å². The second kappa shape index (κ2) is 19.8. The van der Waals surface area contributed by atoms with Crippen molar-refractivity contribution in [1.29, 1.82) is 0 Å². The van der Waals surface area contributed by atoms with Crippen LogP contribution in [-0.2, 0) is 9.53 Å². The molecular formula is C22H45NO2. The van der Waals surface area contributed by atoms with E-state index in [-0.39, 0.29) is 5.97 Å². The van der Waals surface area contributed by atoms with Crippen molar-refractivity contribution in [3.05, 3.63) is 0 Å². The van der Waals surface area contributed by atoms with Gasteiger partial charge in [-0.1, -0.05) is 104 Å². The zero-order chi connectivity index (χ0) is 18.6. The smallest absolute Gasteiger partial charge is 0.320 e. The van der Waals surface area contributed by atoms with E-state index in [2.05, 4.69) is 25.7 Å². The van der Waals surface area contributed by atoms with Crippen LogP contribution in [0, 0.1) is 0 Å². The van der Waals surface area contributed by atoms with Crippen LogP contribution in [0.25, 0.3) is 0 Å². The Bertz CT molecular complexity index is 277. The van der Waals surface area contributed by atoms with Gasteiger partial charge in [0.25, 0.3) is 0 Å². The Hall–Kier alpha value is -0.570. The van der Waals surface area contributed by atoms with E-state index in [1.165, 1.54) is 83.5 Å². The number of unbranched alkanes of at least 4 members (excludes halogenated alkanes) is 13. The number of hydrogen-bond acceptors (Lipinski definition) is 3. The number of carbonyl (C=O) groups is 1. The van der Waals surface area contributed by atoms with Crippen LogP contribution in [0.1, 0.15) is 111 Å². The van der Waals surface area contributed by atoms with E-state index < -0.39 is 0 Å². The molecule has 0 saturated heterocycles. The van der Waals surface area contributed by atoms with Crippen molar-refractivity contribution < 1.29 is 9.53 Å². The van der Waals surface area contributed by atoms with Crippen molar-refractivity contribution in [2.45, 2.75) is 111 Å². The molecule has 25 heavy (non-hydrogen) atoms. The second-order valence-corrected chi connectivity index (χ2v) is 7.28. The molecule has 0 aliphatic rings. The molecule has 0 aliphatic carbocycles. The lowest BCUT2D eigenvalue weighted by atomic mass is 10.0. The summed E-state index contributed by atoms with van der Waals surface area (Å²) in [5, 5.41) is 0. The SMILES string of the molecule is CCCCCCCCCCCCCCCCOC(=O)CN(CC)CC. The summed E-state index contributed by atoms with van der Waals surface area (Å²) in [7, 11) is 0. The third-order valence-corrected chi connectivity index (χ3v) is 5.01. The molecule has 0 radical (unpaired) electrons. The Morgan fingerprint density at radius 3 is 1.44 bits per heavy atom. The zero-order valence-corrected chi connectivity index (χ0v) is 17.5. The van der Waals surface area contributed by atoms with Gasteiger partial charge in [0.15, 0.2) is 0 Å². The molecule has 0 aliphatic heterocycles. The third-order valence-electron chi connectivity index (χ3n) is 5.01. The molecule has 0 unspecified atom stereocenters. The zero-order valence-electron chi connectivity index (χ0n) is 17.5. The van der Waals surface area contributed by atoms with Crippen LogP contribution in [0.3, 0.4) is 0 Å². The molecule has 0 aromatic rings. The van der Waals surface area contributed by atoms with Crippen molar-refractivity contribution in [3.63, 3.8) is 0 Å². The van der Waals surface area contributed by atoms with E-state index in [0.29, 0.717) is 13.2 Å². The van der Waals surface area contributed by atoms with Gasteiger partial charge in [0.05, 0.1) is 13.2 Å². The van der Waals surface area contributed by atoms with Crippen molar-refractivity contribution in [3.8, 4) is 0 Å². The first-order valence-corrected chi connectivity index (χ1v) is 11.1. The molecule has 0 aromatic heterocycles. The average molecular weight is 356 g/mol. The topological polar surface area (TPSA) is 29.5 Å². The molecule has 0 spiro atoms. The summed E-state index contributed by atoms with van der Waals surface area (Å²) in [6.45, 7) is 9.27. The van der Waals surface area contributed by atoms with Crippen LogP contribution in [0.15, 0.2) is 0 Å². The standard InChI is InChI=1S/C22H45NO2/c1-4-7-8-9-10-11-12-13-14-15-16-17-18-19-20-25-22(24)21-23(5-2)6-3/h4-21H2,1-3H3. The Morgan fingerprint density at radius 1 is 0.640 bits per heavy atom. The molecule has 0 rings (SSSR count). The Kier molecular flexibility index (Phi) is 19.3. The number of hydrogen-bond donors (Lipinski definition) is 0. The summed E-state index contributed by atoms with van der Waals surface area (Å²) in [5.74, 6) is -0.0709. The first-order chi connectivity index (χ1) is 12.2. The van der Waals surface area contributed by atoms with Crippen LogP contribution in [0.2, 0.25) is 0 Å². The van der Waals surface area contributed by atoms with Crippen LogP contribution in [0.4, 0.5) is 0 Å². The molecule has 0 saturated carbocycles. The van der Waals surface area contributed by atoms with Crippen molar-refractivity contribution in [1.82, 2.24) is 4.90 Å². The fourth-order valence-corrected chi connectivity index (χ4v) is 3.16. The number of carbonyl (C=O) groups excluding carboxylic acids is 1. The molecule has 0 atom stereocenters. The number of likely N-dealkylation sites (N-methyl/N-ethyl adjacent to an activating group) is 1. The molecule has 0 heterocycles. The van der Waals surface area contributed by atoms with Crippen LogP contribution in [-0.4, -0.2) is 37.1 Å². The first kappa shape index (κ1) is 24.4. The van der Waals surface area contributed by atoms with Gasteiger partial charge in [-0.15, -0.1) is 0 Å². The van der Waals surface area contributed by atoms with Gasteiger partial charge < -0.3 is 4.74 Å². The lowest BCUT2D eigenvalue weighted by Gasteiger charge is -2.16. The van der Waals surface area contributed by atoms with E-state index in [4.69, 9.17) is 4.74 Å². The monoisotopic (exact) mass is 355 g/mol. The van der Waals surface area contributed by atoms with Gasteiger partial charge in [-0.3, -0.25) is 9.69 Å². The molecule has 3 nitrogen and oxygen atoms in total. The van der Waals surface area contributed by atoms with Gasteiger partial charge in [0, 0.05) is 0 Å². The maximum absolute atomic E-state index is 11.6. The molecule has 150 valence electrons. The normalized spacial score (nSPS) is 11.2. The minimum Gasteiger partial charge on any atom is -0.465 e. The van der Waals surface area contributed by atoms with E-state index >= 15 is 0 Å². The lowest BCUT2D eigenvalue weighted by molar-refractivity contribution is -0.145. The molecular weight excluding hydrogens is 310 g/mol. The summed E-state index contributed by atoms with van der Waals surface area (Å²) in [6.07, 6.45) is 18.9. The van der Waals surface area contributed by atoms with E-state index in [1.54, 1.807) is 0 Å². The molecule has 0 N–H and O–H groups in total. The van der Waals surface area contributed by atoms with Crippen LogP contribution in [0.5, 0.6) is 0 Å². The number of ether oxygens (including phenoxy) is 1. The summed E-state index contributed by atoms with van der Waals surface area (Å²) >= 11 is 0. The number of rotatable bonds is 19. The predicted octanol–water partition coefficient (Wildman–Crippen LogP) is 6.35. The number of nitrogens with zero attached hydrogens (tertiary/aromatic N) is 1. The Morgan fingerprint density at radius 2 is 1.04 bits per heavy atom. The molecule has 3 heteroatoms. The van der Waals surface area contributed by atoms with Crippen molar-refractivity contribution >= 4 is 5.97 Å². The minimum absolute atomic E-state index is 0.0709. The van der Waals surface area contributed by atoms with Gasteiger partial charge in [-0.25, -0.2) is 0 Å². The average Bonchev–Trinajstić information content (AvgIpc) is 2.62. The van der Waals surface area contributed by atoms with E-state index in [9.17, 15) is 4.79 Å². The number of esters is 1. The molecule has 0 aromatic carbocycles. The summed E-state index contributed by atoms with van der Waals surface area (Å²) < 4.78 is 5.30. The highest BCUT2D eigenvalue weighted by Crippen LogP contribution is 2.12. The highest BCUT2D eigenvalue weighted by molar-refractivity contribution is 5.71. The largest absolute Gasteiger partial charge is 0.465 e. The van der Waals surface area contributed by atoms with Gasteiger partial charge >= 0.3 is 5.97 Å². The van der Waals surface area contributed by atoms with Gasteiger partial charge in [-0.2, -0.15) is 0 Å². The van der Waals surface area contributed by atoms with Crippen LogP contribution < -0.4 is 0 Å². The predicted molar refractivity (Wildman–Crippen MR) is 109 cm³/mol. The minimum atomic E-state index is -0.0709. The lowest BCUT2D eigenvalue weighted by Crippen LogP contribution is -2.30. The maximum atomic E-state index is 11.6. The highest BCUT2D eigenvalue weighted by atomic mass is 16.5. The van der Waals surface area contributed by atoms with E-state index in [1.807, 2.05) is 0 Å². The van der Waals surface area contributed by atoms with Crippen LogP contribution >= 0.6 is 0 Å².